The molecule has 0 unspecified atom stereocenters. The number of hydrogen-bond acceptors (Lipinski definition) is 3. The van der Waals surface area contributed by atoms with Gasteiger partial charge >= 0.3 is 12.4 Å². The lowest BCUT2D eigenvalue weighted by molar-refractivity contribution is -0.137. The predicted octanol–water partition coefficient (Wildman–Crippen LogP) is 16.0. The summed E-state index contributed by atoms with van der Waals surface area (Å²) in [5.74, 6) is 0.303. The Labute approximate surface area is 380 Å². The van der Waals surface area contributed by atoms with Crippen LogP contribution in [0.5, 0.6) is 0 Å². The van der Waals surface area contributed by atoms with Crippen molar-refractivity contribution in [2.45, 2.75) is 12.4 Å². The van der Waals surface area contributed by atoms with Crippen molar-refractivity contribution in [2.24, 2.45) is 0 Å². The first-order valence-electron chi connectivity index (χ1n) is 20.9. The van der Waals surface area contributed by atoms with Crippen LogP contribution in [0.25, 0.3) is 99.6 Å². The normalized spacial score (nSPS) is 11.7. The zero-order valence-corrected chi connectivity index (χ0v) is 34.9. The molecule has 0 saturated heterocycles. The number of para-hydroxylation sites is 1. The number of alkyl halides is 6. The van der Waals surface area contributed by atoms with Crippen molar-refractivity contribution in [3.05, 3.63) is 216 Å². The summed E-state index contributed by atoms with van der Waals surface area (Å²) in [7, 11) is 0. The van der Waals surface area contributed by atoms with E-state index in [0.717, 1.165) is 17.7 Å². The Morgan fingerprint density at radius 3 is 1.60 bits per heavy atom. The third kappa shape index (κ3) is 7.73. The van der Waals surface area contributed by atoms with Gasteiger partial charge in [0.25, 0.3) is 0 Å². The summed E-state index contributed by atoms with van der Waals surface area (Å²) < 4.78 is 93.9. The Kier molecular flexibility index (Phi) is 10.5. The number of fused-ring (bicyclic) bond motifs is 3. The third-order valence-corrected chi connectivity index (χ3v) is 11.7. The Balaban J connectivity index is 1.37. The van der Waals surface area contributed by atoms with Gasteiger partial charge in [-0.2, -0.15) is 31.6 Å². The summed E-state index contributed by atoms with van der Waals surface area (Å²) in [5.41, 5.74) is 2.62. The molecule has 2 heterocycles. The fraction of sp³-hybridized carbons (Fsp3) is 0.0357. The monoisotopic (exact) mass is 887 g/mol. The van der Waals surface area contributed by atoms with Gasteiger partial charge in [-0.1, -0.05) is 127 Å². The second-order valence-electron chi connectivity index (χ2n) is 15.7. The maximum absolute atomic E-state index is 15.4. The zero-order valence-electron chi connectivity index (χ0n) is 34.9. The number of nitrogens with zero attached hydrogens (tertiary/aromatic N) is 5. The molecule has 0 spiro atoms. The first-order chi connectivity index (χ1) is 32.4. The van der Waals surface area contributed by atoms with Gasteiger partial charge in [0.2, 0.25) is 0 Å². The van der Waals surface area contributed by atoms with Crippen LogP contribution in [-0.4, -0.2) is 14.5 Å². The molecule has 5 nitrogen and oxygen atoms in total. The lowest BCUT2D eigenvalue weighted by Gasteiger charge is -2.24. The Bertz CT molecular complexity index is 3500. The van der Waals surface area contributed by atoms with E-state index in [-0.39, 0.29) is 44.9 Å². The molecule has 322 valence electrons. The van der Waals surface area contributed by atoms with Gasteiger partial charge in [-0.25, -0.2) is 14.8 Å². The van der Waals surface area contributed by atoms with Gasteiger partial charge in [0, 0.05) is 44.2 Å². The van der Waals surface area contributed by atoms with Crippen LogP contribution >= 0.6 is 0 Å². The molecule has 11 heteroatoms. The Morgan fingerprint density at radius 2 is 1.00 bits per heavy atom. The van der Waals surface area contributed by atoms with Crippen molar-refractivity contribution in [1.82, 2.24) is 14.5 Å². The van der Waals surface area contributed by atoms with Gasteiger partial charge in [-0.05, 0) is 82.9 Å². The molecule has 0 aliphatic carbocycles. The molecule has 8 aromatic carbocycles. The molecule has 0 radical (unpaired) electrons. The summed E-state index contributed by atoms with van der Waals surface area (Å²) in [6, 6.07) is 52.7. The molecule has 10 aromatic rings. The van der Waals surface area contributed by atoms with Crippen molar-refractivity contribution < 1.29 is 26.3 Å². The van der Waals surface area contributed by atoms with E-state index in [1.54, 1.807) is 65.2 Å². The van der Waals surface area contributed by atoms with Crippen LogP contribution in [0.4, 0.5) is 32.0 Å². The van der Waals surface area contributed by atoms with Crippen LogP contribution in [0.2, 0.25) is 0 Å². The third-order valence-electron chi connectivity index (χ3n) is 11.7. The SMILES string of the molecule is [C-]#[N+]c1cc(C#N)ccc1-c1ccc2c(c1)c1ccccc1n2-c1c(-c2ccccc2C(F)(F)F)cc(-c2cc(-c3ccccc3)nc(-c3ccccc3)n2)cc1-c1ccccc1C(F)(F)F. The lowest BCUT2D eigenvalue weighted by Crippen LogP contribution is -2.11. The highest BCUT2D eigenvalue weighted by molar-refractivity contribution is 6.12. The first kappa shape index (κ1) is 42.2. The van der Waals surface area contributed by atoms with E-state index in [0.29, 0.717) is 55.6 Å². The highest BCUT2D eigenvalue weighted by Crippen LogP contribution is 2.49. The smallest absolute Gasteiger partial charge is 0.308 e. The van der Waals surface area contributed by atoms with Gasteiger partial charge in [0.1, 0.15) is 0 Å². The molecule has 0 bridgehead atoms. The van der Waals surface area contributed by atoms with Crippen molar-refractivity contribution in [3.63, 3.8) is 0 Å². The Morgan fingerprint density at radius 1 is 0.463 bits per heavy atom. The molecule has 0 aliphatic heterocycles. The molecule has 0 atom stereocenters. The van der Waals surface area contributed by atoms with E-state index >= 15 is 26.3 Å². The minimum Gasteiger partial charge on any atom is -0.308 e. The Hall–Kier alpha value is -8.80. The van der Waals surface area contributed by atoms with Crippen LogP contribution in [0, 0.1) is 17.9 Å². The van der Waals surface area contributed by atoms with Crippen molar-refractivity contribution in [3.8, 4) is 79.0 Å². The second-order valence-corrected chi connectivity index (χ2v) is 15.7. The number of halogens is 6. The fourth-order valence-corrected chi connectivity index (χ4v) is 8.75. The van der Waals surface area contributed by atoms with E-state index < -0.39 is 23.5 Å². The van der Waals surface area contributed by atoms with E-state index in [1.807, 2.05) is 72.8 Å². The van der Waals surface area contributed by atoms with Crippen molar-refractivity contribution in [1.29, 1.82) is 5.26 Å². The minimum absolute atomic E-state index is 0.00680. The largest absolute Gasteiger partial charge is 0.417 e. The van der Waals surface area contributed by atoms with Gasteiger partial charge in [-0.15, -0.1) is 0 Å². The van der Waals surface area contributed by atoms with Crippen LogP contribution in [0.15, 0.2) is 188 Å². The van der Waals surface area contributed by atoms with Crippen molar-refractivity contribution >= 4 is 27.5 Å². The average Bonchev–Trinajstić information content (AvgIpc) is 3.68. The van der Waals surface area contributed by atoms with Crippen LogP contribution in [0.3, 0.4) is 0 Å². The van der Waals surface area contributed by atoms with Gasteiger partial charge in [-0.3, -0.25) is 0 Å². The molecule has 0 N–H and O–H groups in total. The minimum atomic E-state index is -4.87. The molecule has 2 aromatic heterocycles. The molecular weight excluding hydrogens is 857 g/mol. The van der Waals surface area contributed by atoms with E-state index in [4.69, 9.17) is 16.5 Å². The van der Waals surface area contributed by atoms with Gasteiger partial charge < -0.3 is 4.57 Å². The number of aromatic nitrogens is 3. The van der Waals surface area contributed by atoms with Gasteiger partial charge in [0.05, 0.1) is 51.9 Å². The maximum Gasteiger partial charge on any atom is 0.417 e. The van der Waals surface area contributed by atoms with Crippen molar-refractivity contribution in [2.75, 3.05) is 0 Å². The summed E-state index contributed by atoms with van der Waals surface area (Å²) >= 11 is 0. The topological polar surface area (TPSA) is 58.9 Å². The highest BCUT2D eigenvalue weighted by Gasteiger charge is 2.37. The average molecular weight is 888 g/mol. The molecule has 67 heavy (non-hydrogen) atoms. The molecule has 0 fully saturated rings. The number of benzene rings is 8. The maximum atomic E-state index is 15.4. The summed E-state index contributed by atoms with van der Waals surface area (Å²) in [6.07, 6.45) is -9.75. The van der Waals surface area contributed by atoms with Crippen LogP contribution in [-0.2, 0) is 12.4 Å². The van der Waals surface area contributed by atoms with E-state index in [1.165, 1.54) is 42.5 Å². The van der Waals surface area contributed by atoms with Gasteiger partial charge in [0.15, 0.2) is 11.5 Å². The van der Waals surface area contributed by atoms with E-state index in [9.17, 15) is 5.26 Å². The lowest BCUT2D eigenvalue weighted by atomic mass is 9.88. The number of nitriles is 1. The quantitative estimate of drug-likeness (QED) is 0.118. The predicted molar refractivity (Wildman–Crippen MR) is 250 cm³/mol. The standard InChI is InChI=1S/C56H31F6N5/c1-64-50-28-34(33-63)24-26-39(50)37-25-27-52-43(29-37)42-20-10-13-23-51(42)67(52)53-44(40-18-8-11-21-46(40)55(57,58)59)30-38(31-45(53)41-19-9-12-22-47(41)56(60,61)62)49-32-48(35-14-4-2-5-15-35)65-54(66-49)36-16-6-3-7-17-36/h2-32H. The van der Waals surface area contributed by atoms with E-state index in [2.05, 4.69) is 10.9 Å². The first-order valence-corrected chi connectivity index (χ1v) is 20.9. The molecule has 0 saturated carbocycles. The summed E-state index contributed by atoms with van der Waals surface area (Å²) in [6.45, 7) is 7.88. The highest BCUT2D eigenvalue weighted by atomic mass is 19.4. The van der Waals surface area contributed by atoms with Crippen LogP contribution in [0.1, 0.15) is 16.7 Å². The fourth-order valence-electron chi connectivity index (χ4n) is 8.75. The number of hydrogen-bond donors (Lipinski definition) is 0. The molecule has 0 aliphatic rings. The molecule has 0 amide bonds. The van der Waals surface area contributed by atoms with Crippen LogP contribution < -0.4 is 0 Å². The summed E-state index contributed by atoms with van der Waals surface area (Å²) in [4.78, 5) is 13.5. The molecular formula is C56H31F6N5. The number of rotatable bonds is 7. The zero-order chi connectivity index (χ0) is 46.5. The second kappa shape index (κ2) is 16.6. The summed E-state index contributed by atoms with van der Waals surface area (Å²) in [5, 5.41) is 10.8. The molecule has 10 rings (SSSR count).